The Morgan fingerprint density at radius 2 is 2.22 bits per heavy atom. The van der Waals surface area contributed by atoms with E-state index in [2.05, 4.69) is 10.1 Å². The third-order valence-corrected chi connectivity index (χ3v) is 3.62. The minimum absolute atomic E-state index is 0.105. The largest absolute Gasteiger partial charge is 0.466 e. The average molecular weight is 325 g/mol. The molecule has 1 aromatic heterocycles. The molecule has 23 heavy (non-hydrogen) atoms. The predicted octanol–water partition coefficient (Wildman–Crippen LogP) is 1.64. The molecule has 0 amide bonds. The second-order valence-corrected chi connectivity index (χ2v) is 5.12. The van der Waals surface area contributed by atoms with E-state index >= 15 is 0 Å². The fourth-order valence-electron chi connectivity index (χ4n) is 2.31. The highest BCUT2D eigenvalue weighted by atomic mass is 19.1. The Morgan fingerprint density at radius 1 is 1.48 bits per heavy atom. The summed E-state index contributed by atoms with van der Waals surface area (Å²) in [7, 11) is 0. The summed E-state index contributed by atoms with van der Waals surface area (Å²) in [5.41, 5.74) is -2.39. The number of halogens is 2. The van der Waals surface area contributed by atoms with Crippen LogP contribution in [-0.4, -0.2) is 32.4 Å². The molecule has 2 atom stereocenters. The van der Waals surface area contributed by atoms with Gasteiger partial charge in [0.25, 0.3) is 0 Å². The van der Waals surface area contributed by atoms with Gasteiger partial charge in [-0.05, 0) is 32.0 Å². The van der Waals surface area contributed by atoms with Crippen LogP contribution in [0.25, 0.3) is 0 Å². The van der Waals surface area contributed by atoms with Crippen molar-refractivity contribution >= 4 is 5.97 Å². The number of esters is 1. The molecule has 0 bridgehead atoms. The molecule has 0 saturated heterocycles. The van der Waals surface area contributed by atoms with Gasteiger partial charge < -0.3 is 9.84 Å². The Bertz CT molecular complexity index is 679. The van der Waals surface area contributed by atoms with Crippen LogP contribution in [0.3, 0.4) is 0 Å². The van der Waals surface area contributed by atoms with Crippen molar-refractivity contribution in [3.8, 4) is 0 Å². The molecule has 1 N–H and O–H groups in total. The maximum Gasteiger partial charge on any atom is 0.312 e. The van der Waals surface area contributed by atoms with Gasteiger partial charge in [0.05, 0.1) is 19.1 Å². The predicted molar refractivity (Wildman–Crippen MR) is 76.1 cm³/mol. The lowest BCUT2D eigenvalue weighted by atomic mass is 9.81. The molecule has 8 heteroatoms. The van der Waals surface area contributed by atoms with E-state index in [4.69, 9.17) is 4.74 Å². The number of rotatable bonds is 6. The topological polar surface area (TPSA) is 77.2 Å². The van der Waals surface area contributed by atoms with Gasteiger partial charge in [-0.1, -0.05) is 0 Å². The number of benzene rings is 1. The summed E-state index contributed by atoms with van der Waals surface area (Å²) in [6, 6.07) is 2.70. The van der Waals surface area contributed by atoms with Crippen molar-refractivity contribution in [2.45, 2.75) is 26.0 Å². The van der Waals surface area contributed by atoms with E-state index in [0.29, 0.717) is 0 Å². The van der Waals surface area contributed by atoms with Crippen molar-refractivity contribution in [2.24, 2.45) is 5.92 Å². The summed E-state index contributed by atoms with van der Waals surface area (Å²) in [5, 5.41) is 14.9. The third-order valence-electron chi connectivity index (χ3n) is 3.62. The van der Waals surface area contributed by atoms with E-state index in [0.717, 1.165) is 18.2 Å². The maximum absolute atomic E-state index is 14.2. The molecule has 0 saturated carbocycles. The fraction of sp³-hybridized carbons (Fsp3) is 0.400. The van der Waals surface area contributed by atoms with Crippen LogP contribution in [-0.2, 0) is 21.7 Å². The standard InChI is InChI=1S/C15H17F2N3O3/c1-3-23-14(21)10(2)15(22,7-20-9-18-8-19-20)12-6-11(16)4-5-13(12)17/h4-6,8-10,22H,3,7H2,1-2H3/t10-,15+/m1/s1. The van der Waals surface area contributed by atoms with Gasteiger partial charge in [-0.25, -0.2) is 18.4 Å². The summed E-state index contributed by atoms with van der Waals surface area (Å²) >= 11 is 0. The number of hydrogen-bond donors (Lipinski definition) is 1. The summed E-state index contributed by atoms with van der Waals surface area (Å²) < 4.78 is 33.9. The van der Waals surface area contributed by atoms with E-state index < -0.39 is 29.1 Å². The molecule has 0 aliphatic rings. The number of nitrogens with zero attached hydrogens (tertiary/aromatic N) is 3. The van der Waals surface area contributed by atoms with Crippen LogP contribution in [0, 0.1) is 17.6 Å². The maximum atomic E-state index is 14.2. The van der Waals surface area contributed by atoms with Crippen molar-refractivity contribution < 1.29 is 23.4 Å². The zero-order valence-corrected chi connectivity index (χ0v) is 12.7. The molecule has 0 aliphatic heterocycles. The van der Waals surface area contributed by atoms with E-state index in [1.54, 1.807) is 6.92 Å². The highest BCUT2D eigenvalue weighted by molar-refractivity contribution is 5.73. The molecule has 124 valence electrons. The lowest BCUT2D eigenvalue weighted by Crippen LogP contribution is -2.43. The zero-order chi connectivity index (χ0) is 17.0. The minimum Gasteiger partial charge on any atom is -0.466 e. The fourth-order valence-corrected chi connectivity index (χ4v) is 2.31. The molecule has 0 spiro atoms. The smallest absolute Gasteiger partial charge is 0.312 e. The third kappa shape index (κ3) is 3.53. The van der Waals surface area contributed by atoms with Gasteiger partial charge in [-0.15, -0.1) is 0 Å². The summed E-state index contributed by atoms with van der Waals surface area (Å²) in [5.74, 6) is -3.43. The minimum atomic E-state index is -2.05. The Kier molecular flexibility index (Phi) is 5.05. The van der Waals surface area contributed by atoms with Gasteiger partial charge >= 0.3 is 5.97 Å². The first kappa shape index (κ1) is 17.0. The SMILES string of the molecule is CCOC(=O)[C@@H](C)[C@@](O)(Cn1cncn1)c1cc(F)ccc1F. The summed E-state index contributed by atoms with van der Waals surface area (Å²) in [6.07, 6.45) is 2.54. The number of aromatic nitrogens is 3. The van der Waals surface area contributed by atoms with Crippen molar-refractivity contribution in [1.82, 2.24) is 14.8 Å². The second-order valence-electron chi connectivity index (χ2n) is 5.12. The van der Waals surface area contributed by atoms with Gasteiger partial charge in [0.2, 0.25) is 0 Å². The van der Waals surface area contributed by atoms with Crippen LogP contribution < -0.4 is 0 Å². The van der Waals surface area contributed by atoms with Crippen molar-refractivity contribution in [3.63, 3.8) is 0 Å². The van der Waals surface area contributed by atoms with Gasteiger partial charge in [0.1, 0.15) is 29.9 Å². The molecule has 1 aromatic carbocycles. The zero-order valence-electron chi connectivity index (χ0n) is 12.7. The van der Waals surface area contributed by atoms with E-state index in [-0.39, 0.29) is 18.7 Å². The van der Waals surface area contributed by atoms with Gasteiger partial charge in [0, 0.05) is 5.56 Å². The Hall–Kier alpha value is -2.35. The summed E-state index contributed by atoms with van der Waals surface area (Å²) in [4.78, 5) is 15.8. The van der Waals surface area contributed by atoms with Crippen LogP contribution in [0.2, 0.25) is 0 Å². The Morgan fingerprint density at radius 3 is 2.83 bits per heavy atom. The number of ether oxygens (including phenoxy) is 1. The molecule has 2 rings (SSSR count). The van der Waals surface area contributed by atoms with E-state index in [9.17, 15) is 18.7 Å². The second kappa shape index (κ2) is 6.82. The van der Waals surface area contributed by atoms with Crippen molar-refractivity contribution in [1.29, 1.82) is 0 Å². The van der Waals surface area contributed by atoms with Gasteiger partial charge in [-0.2, -0.15) is 5.10 Å². The molecule has 6 nitrogen and oxygen atoms in total. The monoisotopic (exact) mass is 325 g/mol. The van der Waals surface area contributed by atoms with Gasteiger partial charge in [-0.3, -0.25) is 4.79 Å². The first-order valence-electron chi connectivity index (χ1n) is 7.05. The number of hydrogen-bond acceptors (Lipinski definition) is 5. The van der Waals surface area contributed by atoms with Crippen LogP contribution in [0.5, 0.6) is 0 Å². The molecule has 0 unspecified atom stereocenters. The number of aliphatic hydroxyl groups is 1. The lowest BCUT2D eigenvalue weighted by Gasteiger charge is -2.33. The first-order valence-corrected chi connectivity index (χ1v) is 7.05. The molecule has 0 radical (unpaired) electrons. The average Bonchev–Trinajstić information content (AvgIpc) is 3.01. The number of carbonyl (C=O) groups is 1. The molecule has 1 heterocycles. The normalized spacial score (nSPS) is 15.0. The highest BCUT2D eigenvalue weighted by Crippen LogP contribution is 2.34. The quantitative estimate of drug-likeness (QED) is 0.817. The Labute approximate surface area is 131 Å². The molecule has 0 aliphatic carbocycles. The molecule has 0 fully saturated rings. The summed E-state index contributed by atoms with van der Waals surface area (Å²) in [6.45, 7) is 2.82. The van der Waals surface area contributed by atoms with E-state index in [1.807, 2.05) is 0 Å². The van der Waals surface area contributed by atoms with E-state index in [1.165, 1.54) is 24.3 Å². The molecular weight excluding hydrogens is 308 g/mol. The van der Waals surface area contributed by atoms with Crippen LogP contribution >= 0.6 is 0 Å². The lowest BCUT2D eigenvalue weighted by molar-refractivity contribution is -0.159. The van der Waals surface area contributed by atoms with Gasteiger partial charge in [0.15, 0.2) is 0 Å². The molecule has 2 aromatic rings. The highest BCUT2D eigenvalue weighted by Gasteiger charge is 2.43. The van der Waals surface area contributed by atoms with Crippen molar-refractivity contribution in [3.05, 3.63) is 48.1 Å². The van der Waals surface area contributed by atoms with Crippen LogP contribution in [0.1, 0.15) is 19.4 Å². The Balaban J connectivity index is 2.49. The number of carbonyl (C=O) groups excluding carboxylic acids is 1. The van der Waals surface area contributed by atoms with Crippen LogP contribution in [0.4, 0.5) is 8.78 Å². The van der Waals surface area contributed by atoms with Crippen molar-refractivity contribution in [2.75, 3.05) is 6.61 Å². The van der Waals surface area contributed by atoms with Crippen LogP contribution in [0.15, 0.2) is 30.9 Å². The molecular formula is C15H17F2N3O3. The first-order chi connectivity index (χ1) is 10.9.